The van der Waals surface area contributed by atoms with Crippen LogP contribution in [0.5, 0.6) is 0 Å². The highest BCUT2D eigenvalue weighted by molar-refractivity contribution is 7.96. The Bertz CT molecular complexity index is 2360. The maximum Gasteiger partial charge on any atom is 0.416 e. The molecule has 0 aliphatic heterocycles. The minimum atomic E-state index is -6.13. The normalized spacial score (nSPS) is 13.5. The van der Waals surface area contributed by atoms with Crippen molar-refractivity contribution in [2.75, 3.05) is 18.3 Å². The van der Waals surface area contributed by atoms with Gasteiger partial charge in [-0.05, 0) is 47.3 Å². The summed E-state index contributed by atoms with van der Waals surface area (Å²) in [5.41, 5.74) is -29.6. The Kier molecular flexibility index (Phi) is 16.0. The fourth-order valence-corrected chi connectivity index (χ4v) is 7.88. The van der Waals surface area contributed by atoms with Crippen molar-refractivity contribution in [3.05, 3.63) is 157 Å². The lowest BCUT2D eigenvalue weighted by molar-refractivity contribution is -0.384. The van der Waals surface area contributed by atoms with Gasteiger partial charge in [0.25, 0.3) is 5.69 Å². The number of carbonyl (C=O) groups excluding carboxylic acids is 1. The summed E-state index contributed by atoms with van der Waals surface area (Å²) >= 11 is 0. The number of hydrogen-bond acceptors (Lipinski definition) is 3. The number of nitro benzene ring substituents is 1. The number of non-ortho nitro benzene ring substituents is 1. The molecule has 0 atom stereocenters. The summed E-state index contributed by atoms with van der Waals surface area (Å²) in [6, 6.07) is -3.08. The molecule has 0 fully saturated rings. The van der Waals surface area contributed by atoms with Crippen LogP contribution in [0.25, 0.3) is 0 Å². The zero-order valence-electron chi connectivity index (χ0n) is 35.2. The van der Waals surface area contributed by atoms with Crippen LogP contribution in [0.1, 0.15) is 54.9 Å². The molecule has 0 saturated heterocycles. The molecule has 30 heteroatoms. The van der Waals surface area contributed by atoms with Crippen LogP contribution in [-0.4, -0.2) is 35.1 Å². The Labute approximate surface area is 390 Å². The summed E-state index contributed by atoms with van der Waals surface area (Å²) in [6.07, 6.45) is -50.8. The van der Waals surface area contributed by atoms with Crippen molar-refractivity contribution in [1.82, 2.24) is 0 Å². The van der Waals surface area contributed by atoms with Gasteiger partial charge in [0, 0.05) is 17.7 Å². The van der Waals surface area contributed by atoms with Crippen LogP contribution in [0.4, 0.5) is 111 Å². The first kappa shape index (κ1) is 58.5. The molecule has 0 aliphatic carbocycles. The first-order chi connectivity index (χ1) is 32.3. The van der Waals surface area contributed by atoms with Gasteiger partial charge < -0.3 is 0 Å². The van der Waals surface area contributed by atoms with E-state index in [1.165, 1.54) is 24.3 Å². The highest BCUT2D eigenvalue weighted by Gasteiger charge is 2.47. The van der Waals surface area contributed by atoms with Crippen molar-refractivity contribution in [3.8, 4) is 0 Å². The molecule has 0 bridgehead atoms. The molecule has 0 amide bonds. The number of Topliss-reactive ketones (excluding diaryl/α,β-unsaturated/α-hetero) is 1. The van der Waals surface area contributed by atoms with Crippen LogP contribution < -0.4 is 21.9 Å². The van der Waals surface area contributed by atoms with E-state index in [9.17, 15) is 120 Å². The molecule has 0 saturated carbocycles. The zero-order chi connectivity index (χ0) is 55.3. The first-order valence-electron chi connectivity index (χ1n) is 18.9. The van der Waals surface area contributed by atoms with Crippen LogP contribution >= 0.6 is 0 Å². The molecule has 5 aromatic rings. The molecule has 0 heterocycles. The predicted octanol–water partition coefficient (Wildman–Crippen LogP) is 12.9. The van der Waals surface area contributed by atoms with Gasteiger partial charge in [-0.2, -0.15) is 127 Å². The lowest BCUT2D eigenvalue weighted by atomic mass is 9.12. The molecular weight excluding hydrogens is 1070 g/mol. The summed E-state index contributed by atoms with van der Waals surface area (Å²) in [4.78, 5) is 21.5. The third-order valence-corrected chi connectivity index (χ3v) is 11.1. The minimum absolute atomic E-state index is 0.0125. The van der Waals surface area contributed by atoms with Crippen LogP contribution in [0.2, 0.25) is 0 Å². The largest absolute Gasteiger partial charge is 0.416 e. The SMILES string of the molecule is C[S+](C)CC(=O)c1ccc([N+](=O)[O-])cc1.FC(F)(F)c1cc([B-](c2cc(C(F)(F)F)cc(C(F)(F)F)c2)(c2cc(C(F)(F)F)cc(C(F)(F)F)c2)c2cc(C(F)(F)F)cc(C(F)(F)F)c2)cc(C(F)(F)F)c1. The van der Waals surface area contributed by atoms with Gasteiger partial charge in [0.1, 0.15) is 6.15 Å². The number of halogens is 24. The number of carbonyl (C=O) groups is 1. The molecule has 0 unspecified atom stereocenters. The number of rotatable bonds is 8. The molecule has 0 spiro atoms. The lowest BCUT2D eigenvalue weighted by Gasteiger charge is -2.46. The van der Waals surface area contributed by atoms with E-state index in [0.717, 1.165) is 0 Å². The molecule has 5 aromatic carbocycles. The number of nitrogens with zero attached hydrogens (tertiary/aromatic N) is 1. The number of nitro groups is 1. The number of ketones is 1. The molecule has 0 aromatic heterocycles. The van der Waals surface area contributed by atoms with E-state index >= 15 is 0 Å². The third-order valence-electron chi connectivity index (χ3n) is 10.3. The smallest absolute Gasteiger partial charge is 0.289 e. The number of alkyl halides is 24. The van der Waals surface area contributed by atoms with Crippen LogP contribution in [-0.2, 0) is 60.3 Å². The van der Waals surface area contributed by atoms with Crippen LogP contribution in [0.3, 0.4) is 0 Å². The Morgan fingerprint density at radius 2 is 0.597 bits per heavy atom. The third kappa shape index (κ3) is 13.7. The van der Waals surface area contributed by atoms with E-state index in [4.69, 9.17) is 0 Å². The summed E-state index contributed by atoms with van der Waals surface area (Å²) in [7, 11) is 0.0563. The fraction of sp³-hybridized carbons (Fsp3) is 0.262. The van der Waals surface area contributed by atoms with Crippen molar-refractivity contribution in [2.24, 2.45) is 0 Å². The lowest BCUT2D eigenvalue weighted by Crippen LogP contribution is -2.75. The molecule has 0 aliphatic rings. The maximum absolute atomic E-state index is 14.2. The van der Waals surface area contributed by atoms with Gasteiger partial charge >= 0.3 is 49.4 Å². The minimum Gasteiger partial charge on any atom is -0.289 e. The highest BCUT2D eigenvalue weighted by atomic mass is 32.2. The Morgan fingerprint density at radius 3 is 0.750 bits per heavy atom. The van der Waals surface area contributed by atoms with Crippen molar-refractivity contribution in [3.63, 3.8) is 0 Å². The number of benzene rings is 5. The number of hydrogen-bond donors (Lipinski definition) is 0. The first-order valence-corrected chi connectivity index (χ1v) is 21.2. The van der Waals surface area contributed by atoms with Crippen molar-refractivity contribution < 1.29 is 115 Å². The molecule has 72 heavy (non-hydrogen) atoms. The fourth-order valence-electron chi connectivity index (χ4n) is 7.19. The van der Waals surface area contributed by atoms with Gasteiger partial charge in [0.05, 0.1) is 61.9 Å². The van der Waals surface area contributed by atoms with Gasteiger partial charge in [0.15, 0.2) is 5.75 Å². The average molecular weight is 1090 g/mol. The molecular formula is C42H24BF24NO3S. The van der Waals surface area contributed by atoms with Crippen molar-refractivity contribution >= 4 is 50.4 Å². The molecule has 4 nitrogen and oxygen atoms in total. The summed E-state index contributed by atoms with van der Waals surface area (Å²) in [5.74, 6) is 0.538. The van der Waals surface area contributed by atoms with E-state index in [0.29, 0.717) is 11.3 Å². The average Bonchev–Trinajstić information content (AvgIpc) is 3.21. The summed E-state index contributed by atoms with van der Waals surface area (Å²) in [6.45, 7) is 0. The van der Waals surface area contributed by atoms with Gasteiger partial charge in [0.2, 0.25) is 5.78 Å². The van der Waals surface area contributed by atoms with Gasteiger partial charge in [-0.3, -0.25) is 14.9 Å². The van der Waals surface area contributed by atoms with Crippen molar-refractivity contribution in [1.29, 1.82) is 0 Å². The second kappa shape index (κ2) is 19.7. The monoisotopic (exact) mass is 1090 g/mol. The Balaban J connectivity index is 0.000000639. The predicted molar refractivity (Wildman–Crippen MR) is 212 cm³/mol. The Morgan fingerprint density at radius 1 is 0.403 bits per heavy atom. The maximum atomic E-state index is 14.2. The van der Waals surface area contributed by atoms with E-state index in [1.54, 1.807) is 0 Å². The van der Waals surface area contributed by atoms with E-state index in [2.05, 4.69) is 0 Å². The van der Waals surface area contributed by atoms with E-state index < -0.39 is 200 Å². The molecule has 0 N–H and O–H groups in total. The molecule has 5 rings (SSSR count). The van der Waals surface area contributed by atoms with Gasteiger partial charge in [-0.25, -0.2) is 0 Å². The second-order valence-corrected chi connectivity index (χ2v) is 17.8. The van der Waals surface area contributed by atoms with E-state index in [1.807, 2.05) is 12.5 Å². The molecule has 392 valence electrons. The van der Waals surface area contributed by atoms with Crippen LogP contribution in [0.15, 0.2) is 97.1 Å². The standard InChI is InChI=1S/C32H12BF24.C10H12NO3S/c34-25(35,36)13-1-14(26(37,38)39)6-21(5-13)33(22-7-15(27(40,41)42)2-16(8-22)28(43,44)45,23-9-17(29(46,47)48)3-18(10-23)30(49,50)51)24-11-19(31(52,53)54)4-20(12-24)32(55,56)57;1-15(2)7-10(12)8-3-5-9(6-4-8)11(13)14/h1-12H;3-6H,7H2,1-2H3/q-1;+1. The van der Waals surface area contributed by atoms with Crippen LogP contribution in [0, 0.1) is 10.1 Å². The van der Waals surface area contributed by atoms with E-state index in [-0.39, 0.29) is 22.4 Å². The zero-order valence-corrected chi connectivity index (χ0v) is 36.0. The van der Waals surface area contributed by atoms with Gasteiger partial charge in [-0.15, -0.1) is 0 Å². The Hall–Kier alpha value is -6.10. The second-order valence-electron chi connectivity index (χ2n) is 15.6. The van der Waals surface area contributed by atoms with Crippen molar-refractivity contribution in [2.45, 2.75) is 49.4 Å². The molecule has 0 radical (unpaired) electrons. The highest BCUT2D eigenvalue weighted by Crippen LogP contribution is 2.41. The quantitative estimate of drug-likeness (QED) is 0.0388. The van der Waals surface area contributed by atoms with Gasteiger partial charge in [-0.1, -0.05) is 48.5 Å². The summed E-state index contributed by atoms with van der Waals surface area (Å²) < 4.78 is 341. The topological polar surface area (TPSA) is 60.2 Å². The summed E-state index contributed by atoms with van der Waals surface area (Å²) in [5, 5.41) is 10.4.